The largest absolute Gasteiger partial charge is 0.324 e. The van der Waals surface area contributed by atoms with Crippen molar-refractivity contribution in [3.63, 3.8) is 0 Å². The highest BCUT2D eigenvalue weighted by molar-refractivity contribution is 6.30. The van der Waals surface area contributed by atoms with Crippen LogP contribution in [-0.4, -0.2) is 5.91 Å². The van der Waals surface area contributed by atoms with Crippen LogP contribution < -0.4 is 5.32 Å². The molecule has 1 rings (SSSR count). The van der Waals surface area contributed by atoms with Crippen LogP contribution >= 0.6 is 11.6 Å². The van der Waals surface area contributed by atoms with E-state index in [1.165, 1.54) is 18.2 Å². The maximum atomic E-state index is 13.3. The lowest BCUT2D eigenvalue weighted by Gasteiger charge is -2.07. The zero-order valence-electron chi connectivity index (χ0n) is 9.39. The van der Waals surface area contributed by atoms with E-state index in [0.29, 0.717) is 17.4 Å². The molecule has 0 saturated heterocycles. The van der Waals surface area contributed by atoms with Gasteiger partial charge in [-0.1, -0.05) is 25.4 Å². The molecule has 4 heteroatoms. The molecule has 0 heterocycles. The van der Waals surface area contributed by atoms with Crippen LogP contribution in [0.1, 0.15) is 26.7 Å². The van der Waals surface area contributed by atoms with E-state index in [1.54, 1.807) is 0 Å². The van der Waals surface area contributed by atoms with Crippen LogP contribution in [-0.2, 0) is 4.79 Å². The molecule has 0 unspecified atom stereocenters. The summed E-state index contributed by atoms with van der Waals surface area (Å²) in [5.74, 6) is -0.202. The molecular weight excluding hydrogens is 229 g/mol. The monoisotopic (exact) mass is 243 g/mol. The number of benzene rings is 1. The summed E-state index contributed by atoms with van der Waals surface area (Å²) < 4.78 is 13.3. The Morgan fingerprint density at radius 1 is 1.50 bits per heavy atom. The van der Waals surface area contributed by atoms with Crippen molar-refractivity contribution in [2.24, 2.45) is 5.92 Å². The molecule has 0 aliphatic rings. The highest BCUT2D eigenvalue weighted by Crippen LogP contribution is 2.19. The Labute approximate surface area is 99.8 Å². The summed E-state index contributed by atoms with van der Waals surface area (Å²) in [5.41, 5.74) is 0.140. The second-order valence-corrected chi connectivity index (χ2v) is 4.54. The Balaban J connectivity index is 2.59. The zero-order chi connectivity index (χ0) is 12.1. The Bertz CT molecular complexity index is 379. The zero-order valence-corrected chi connectivity index (χ0v) is 10.1. The number of hydrogen-bond donors (Lipinski definition) is 1. The van der Waals surface area contributed by atoms with Crippen LogP contribution in [0.2, 0.25) is 5.02 Å². The fourth-order valence-corrected chi connectivity index (χ4v) is 1.40. The summed E-state index contributed by atoms with van der Waals surface area (Å²) >= 11 is 5.71. The second kappa shape index (κ2) is 5.85. The average molecular weight is 244 g/mol. The summed E-state index contributed by atoms with van der Waals surface area (Å²) in [6, 6.07) is 4.09. The quantitative estimate of drug-likeness (QED) is 0.855. The van der Waals surface area contributed by atoms with Gasteiger partial charge >= 0.3 is 0 Å². The lowest BCUT2D eigenvalue weighted by Crippen LogP contribution is -2.13. The van der Waals surface area contributed by atoms with Crippen molar-refractivity contribution in [2.45, 2.75) is 26.7 Å². The molecule has 1 N–H and O–H groups in total. The van der Waals surface area contributed by atoms with Gasteiger partial charge in [-0.05, 0) is 30.5 Å². The first kappa shape index (κ1) is 13.0. The molecule has 88 valence electrons. The Morgan fingerprint density at radius 2 is 2.19 bits per heavy atom. The van der Waals surface area contributed by atoms with Crippen LogP contribution in [0.5, 0.6) is 0 Å². The van der Waals surface area contributed by atoms with E-state index in [1.807, 2.05) is 13.8 Å². The third-order valence-electron chi connectivity index (χ3n) is 2.15. The first-order valence-electron chi connectivity index (χ1n) is 5.24. The smallest absolute Gasteiger partial charge is 0.224 e. The number of halogens is 2. The summed E-state index contributed by atoms with van der Waals surface area (Å²) in [4.78, 5) is 11.5. The van der Waals surface area contributed by atoms with Gasteiger partial charge in [0.15, 0.2) is 0 Å². The van der Waals surface area contributed by atoms with Gasteiger partial charge in [-0.15, -0.1) is 0 Å². The van der Waals surface area contributed by atoms with Gasteiger partial charge in [0.25, 0.3) is 0 Å². The van der Waals surface area contributed by atoms with Crippen molar-refractivity contribution in [3.8, 4) is 0 Å². The van der Waals surface area contributed by atoms with E-state index >= 15 is 0 Å². The molecule has 0 fully saturated rings. The molecule has 0 radical (unpaired) electrons. The summed E-state index contributed by atoms with van der Waals surface area (Å²) in [6.45, 7) is 4.07. The Morgan fingerprint density at radius 3 is 2.81 bits per heavy atom. The van der Waals surface area contributed by atoms with Crippen molar-refractivity contribution in [2.75, 3.05) is 5.32 Å². The second-order valence-electron chi connectivity index (χ2n) is 4.10. The van der Waals surface area contributed by atoms with Gasteiger partial charge in [-0.3, -0.25) is 4.79 Å². The molecule has 0 aromatic heterocycles. The molecule has 2 nitrogen and oxygen atoms in total. The fourth-order valence-electron chi connectivity index (χ4n) is 1.23. The third-order valence-corrected chi connectivity index (χ3v) is 2.39. The molecule has 1 aromatic rings. The van der Waals surface area contributed by atoms with E-state index in [2.05, 4.69) is 5.32 Å². The van der Waals surface area contributed by atoms with E-state index in [9.17, 15) is 9.18 Å². The van der Waals surface area contributed by atoms with E-state index in [-0.39, 0.29) is 11.6 Å². The Kier molecular flexibility index (Phi) is 4.74. The molecule has 1 amide bonds. The van der Waals surface area contributed by atoms with Crippen molar-refractivity contribution in [1.29, 1.82) is 0 Å². The maximum Gasteiger partial charge on any atom is 0.224 e. The number of nitrogens with one attached hydrogen (secondary N) is 1. The number of hydrogen-bond acceptors (Lipinski definition) is 1. The Hall–Kier alpha value is -1.09. The third kappa shape index (κ3) is 4.19. The minimum Gasteiger partial charge on any atom is -0.324 e. The summed E-state index contributed by atoms with van der Waals surface area (Å²) in [5, 5.41) is 2.91. The molecule has 16 heavy (non-hydrogen) atoms. The van der Waals surface area contributed by atoms with Gasteiger partial charge in [0, 0.05) is 11.4 Å². The van der Waals surface area contributed by atoms with Crippen molar-refractivity contribution in [1.82, 2.24) is 0 Å². The van der Waals surface area contributed by atoms with Crippen LogP contribution in [0, 0.1) is 11.7 Å². The van der Waals surface area contributed by atoms with Crippen LogP contribution in [0.25, 0.3) is 0 Å². The predicted molar refractivity (Wildman–Crippen MR) is 64.1 cm³/mol. The number of carbonyl (C=O) groups excluding carboxylic acids is 1. The van der Waals surface area contributed by atoms with E-state index in [4.69, 9.17) is 11.6 Å². The highest BCUT2D eigenvalue weighted by atomic mass is 35.5. The number of rotatable bonds is 4. The normalized spacial score (nSPS) is 10.6. The van der Waals surface area contributed by atoms with Crippen LogP contribution in [0.15, 0.2) is 18.2 Å². The molecule has 0 aliphatic heterocycles. The van der Waals surface area contributed by atoms with Gasteiger partial charge < -0.3 is 5.32 Å². The molecule has 0 saturated carbocycles. The molecular formula is C12H15ClFNO. The van der Waals surface area contributed by atoms with Gasteiger partial charge in [-0.2, -0.15) is 0 Å². The average Bonchev–Trinajstić information content (AvgIpc) is 2.20. The van der Waals surface area contributed by atoms with E-state index in [0.717, 1.165) is 6.42 Å². The molecule has 1 aromatic carbocycles. The first-order chi connectivity index (χ1) is 7.49. The molecule has 0 aliphatic carbocycles. The minimum atomic E-state index is -0.470. The molecule has 0 bridgehead atoms. The summed E-state index contributed by atoms with van der Waals surface area (Å²) in [7, 11) is 0. The van der Waals surface area contributed by atoms with Gasteiger partial charge in [0.05, 0.1) is 5.69 Å². The maximum absolute atomic E-state index is 13.3. The topological polar surface area (TPSA) is 29.1 Å². The lowest BCUT2D eigenvalue weighted by molar-refractivity contribution is -0.116. The van der Waals surface area contributed by atoms with Crippen molar-refractivity contribution in [3.05, 3.63) is 29.0 Å². The van der Waals surface area contributed by atoms with Crippen LogP contribution in [0.3, 0.4) is 0 Å². The number of carbonyl (C=O) groups is 1. The standard InChI is InChI=1S/C12H15ClFNO/c1-8(2)3-6-12(16)15-11-7-9(13)4-5-10(11)14/h4-5,7-8H,3,6H2,1-2H3,(H,15,16). The molecule has 0 spiro atoms. The fraction of sp³-hybridized carbons (Fsp3) is 0.417. The van der Waals surface area contributed by atoms with Crippen molar-refractivity contribution < 1.29 is 9.18 Å². The molecule has 0 atom stereocenters. The summed E-state index contributed by atoms with van der Waals surface area (Å²) in [6.07, 6.45) is 1.18. The van der Waals surface area contributed by atoms with E-state index < -0.39 is 5.82 Å². The van der Waals surface area contributed by atoms with Crippen molar-refractivity contribution >= 4 is 23.2 Å². The lowest BCUT2D eigenvalue weighted by atomic mass is 10.1. The highest BCUT2D eigenvalue weighted by Gasteiger charge is 2.08. The number of anilines is 1. The predicted octanol–water partition coefficient (Wildman–Crippen LogP) is 3.85. The van der Waals surface area contributed by atoms with Gasteiger partial charge in [-0.25, -0.2) is 4.39 Å². The van der Waals surface area contributed by atoms with Gasteiger partial charge in [0.2, 0.25) is 5.91 Å². The first-order valence-corrected chi connectivity index (χ1v) is 5.61. The number of amides is 1. The van der Waals surface area contributed by atoms with Crippen LogP contribution in [0.4, 0.5) is 10.1 Å². The van der Waals surface area contributed by atoms with Gasteiger partial charge in [0.1, 0.15) is 5.82 Å². The SMILES string of the molecule is CC(C)CCC(=O)Nc1cc(Cl)ccc1F. The minimum absolute atomic E-state index is 0.140.